The summed E-state index contributed by atoms with van der Waals surface area (Å²) in [6.07, 6.45) is 0.649. The van der Waals surface area contributed by atoms with Crippen molar-refractivity contribution in [3.63, 3.8) is 0 Å². The van der Waals surface area contributed by atoms with Gasteiger partial charge in [-0.2, -0.15) is 0 Å². The molecule has 2 aromatic rings. The summed E-state index contributed by atoms with van der Waals surface area (Å²) >= 11 is 0. The van der Waals surface area contributed by atoms with Crippen molar-refractivity contribution in [2.75, 3.05) is 31.1 Å². The SMILES string of the molecule is CCc1cc(C(=O)O)c(=O)[nH]c1-c1ccc(N2CC3CNCC3C2)cc1. The number of pyridine rings is 1. The van der Waals surface area contributed by atoms with Crippen LogP contribution in [0.1, 0.15) is 22.8 Å². The van der Waals surface area contributed by atoms with Gasteiger partial charge in [0.1, 0.15) is 5.56 Å². The zero-order valence-electron chi connectivity index (χ0n) is 14.8. The van der Waals surface area contributed by atoms with Gasteiger partial charge < -0.3 is 20.3 Å². The van der Waals surface area contributed by atoms with Crippen LogP contribution in [0.2, 0.25) is 0 Å². The highest BCUT2D eigenvalue weighted by molar-refractivity contribution is 5.88. The Bertz CT molecular complexity index is 876. The second-order valence-corrected chi connectivity index (χ2v) is 7.20. The van der Waals surface area contributed by atoms with Crippen molar-refractivity contribution >= 4 is 11.7 Å². The molecule has 0 spiro atoms. The standard InChI is InChI=1S/C20H23N3O3/c1-2-12-7-17(20(25)26)19(24)22-18(12)13-3-5-16(6-4-13)23-10-14-8-21-9-15(14)11-23/h3-7,14-15,21H,2,8-11H2,1H3,(H,22,24)(H,25,26). The average molecular weight is 353 g/mol. The number of anilines is 1. The van der Waals surface area contributed by atoms with E-state index in [0.717, 1.165) is 49.1 Å². The van der Waals surface area contributed by atoms with Gasteiger partial charge in [-0.3, -0.25) is 4.79 Å². The van der Waals surface area contributed by atoms with Gasteiger partial charge in [0.2, 0.25) is 0 Å². The Balaban J connectivity index is 1.62. The molecule has 2 fully saturated rings. The Kier molecular flexibility index (Phi) is 4.28. The summed E-state index contributed by atoms with van der Waals surface area (Å²) in [5, 5.41) is 12.6. The third kappa shape index (κ3) is 2.90. The number of aromatic amines is 1. The van der Waals surface area contributed by atoms with Gasteiger partial charge in [-0.1, -0.05) is 19.1 Å². The molecule has 4 rings (SSSR count). The van der Waals surface area contributed by atoms with Crippen LogP contribution >= 0.6 is 0 Å². The molecule has 1 aromatic carbocycles. The fourth-order valence-electron chi connectivity index (χ4n) is 4.17. The first-order chi connectivity index (χ1) is 12.6. The van der Waals surface area contributed by atoms with E-state index in [0.29, 0.717) is 12.1 Å². The number of nitrogens with one attached hydrogen (secondary N) is 2. The number of aryl methyl sites for hydroxylation is 1. The molecule has 6 heteroatoms. The van der Waals surface area contributed by atoms with Gasteiger partial charge in [0.15, 0.2) is 0 Å². The molecule has 0 radical (unpaired) electrons. The molecule has 3 heterocycles. The minimum Gasteiger partial charge on any atom is -0.477 e. The summed E-state index contributed by atoms with van der Waals surface area (Å²) in [7, 11) is 0. The minimum atomic E-state index is -1.20. The van der Waals surface area contributed by atoms with Crippen molar-refractivity contribution in [1.82, 2.24) is 10.3 Å². The first-order valence-electron chi connectivity index (χ1n) is 9.12. The van der Waals surface area contributed by atoms with Gasteiger partial charge in [0.05, 0.1) is 5.69 Å². The number of hydrogen-bond acceptors (Lipinski definition) is 4. The number of carbonyl (C=O) groups is 1. The van der Waals surface area contributed by atoms with E-state index in [-0.39, 0.29) is 5.56 Å². The average Bonchev–Trinajstić information content (AvgIpc) is 3.23. The molecular weight excluding hydrogens is 330 g/mol. The van der Waals surface area contributed by atoms with Crippen molar-refractivity contribution in [2.45, 2.75) is 13.3 Å². The van der Waals surface area contributed by atoms with Crippen LogP contribution in [0.3, 0.4) is 0 Å². The molecule has 2 unspecified atom stereocenters. The van der Waals surface area contributed by atoms with Crippen molar-refractivity contribution in [3.8, 4) is 11.3 Å². The van der Waals surface area contributed by atoms with Crippen LogP contribution < -0.4 is 15.8 Å². The van der Waals surface area contributed by atoms with Gasteiger partial charge >= 0.3 is 5.97 Å². The molecular formula is C20H23N3O3. The number of hydrogen-bond donors (Lipinski definition) is 3. The molecule has 0 bridgehead atoms. The van der Waals surface area contributed by atoms with Gasteiger partial charge in [-0.05, 0) is 47.6 Å². The number of nitrogens with zero attached hydrogens (tertiary/aromatic N) is 1. The van der Waals surface area contributed by atoms with E-state index in [1.165, 1.54) is 11.8 Å². The summed E-state index contributed by atoms with van der Waals surface area (Å²) in [6.45, 7) is 6.34. The molecule has 2 aliphatic heterocycles. The fraction of sp³-hybridized carbons (Fsp3) is 0.400. The number of carboxylic acid groups (broad SMARTS) is 1. The number of H-pyrrole nitrogens is 1. The first-order valence-corrected chi connectivity index (χ1v) is 9.12. The largest absolute Gasteiger partial charge is 0.477 e. The Morgan fingerprint density at radius 3 is 2.42 bits per heavy atom. The molecule has 0 amide bonds. The van der Waals surface area contributed by atoms with E-state index in [1.807, 2.05) is 19.1 Å². The zero-order valence-corrected chi connectivity index (χ0v) is 14.8. The van der Waals surface area contributed by atoms with Gasteiger partial charge in [-0.25, -0.2) is 4.79 Å². The summed E-state index contributed by atoms with van der Waals surface area (Å²) < 4.78 is 0. The van der Waals surface area contributed by atoms with Crippen LogP contribution in [0.5, 0.6) is 0 Å². The lowest BCUT2D eigenvalue weighted by Crippen LogP contribution is -2.25. The van der Waals surface area contributed by atoms with E-state index >= 15 is 0 Å². The second kappa shape index (κ2) is 6.61. The highest BCUT2D eigenvalue weighted by Gasteiger charge is 2.36. The van der Waals surface area contributed by atoms with Crippen LogP contribution in [0.25, 0.3) is 11.3 Å². The van der Waals surface area contributed by atoms with Crippen LogP contribution in [-0.4, -0.2) is 42.2 Å². The second-order valence-electron chi connectivity index (χ2n) is 7.20. The normalized spacial score (nSPS) is 21.8. The molecule has 3 N–H and O–H groups in total. The molecule has 6 nitrogen and oxygen atoms in total. The predicted molar refractivity (Wildman–Crippen MR) is 101 cm³/mol. The molecule has 26 heavy (non-hydrogen) atoms. The van der Waals surface area contributed by atoms with E-state index in [9.17, 15) is 9.59 Å². The van der Waals surface area contributed by atoms with Crippen molar-refractivity contribution in [1.29, 1.82) is 0 Å². The third-order valence-electron chi connectivity index (χ3n) is 5.64. The molecule has 136 valence electrons. The maximum atomic E-state index is 12.1. The number of rotatable bonds is 4. The van der Waals surface area contributed by atoms with Crippen molar-refractivity contribution in [2.24, 2.45) is 11.8 Å². The van der Waals surface area contributed by atoms with E-state index in [2.05, 4.69) is 27.3 Å². The summed E-state index contributed by atoms with van der Waals surface area (Å²) in [5.74, 6) is 0.277. The number of carboxylic acids is 1. The lowest BCUT2D eigenvalue weighted by molar-refractivity contribution is 0.0695. The van der Waals surface area contributed by atoms with E-state index in [4.69, 9.17) is 5.11 Å². The number of benzene rings is 1. The molecule has 2 atom stereocenters. The van der Waals surface area contributed by atoms with Gasteiger partial charge in [0, 0.05) is 31.9 Å². The van der Waals surface area contributed by atoms with E-state index in [1.54, 1.807) is 0 Å². The van der Waals surface area contributed by atoms with Gasteiger partial charge in [0.25, 0.3) is 5.56 Å². The van der Waals surface area contributed by atoms with Crippen LogP contribution in [0, 0.1) is 11.8 Å². The molecule has 0 saturated carbocycles. The smallest absolute Gasteiger partial charge is 0.341 e. The third-order valence-corrected chi connectivity index (χ3v) is 5.64. The maximum Gasteiger partial charge on any atom is 0.341 e. The monoisotopic (exact) mass is 353 g/mol. The fourth-order valence-corrected chi connectivity index (χ4v) is 4.17. The topological polar surface area (TPSA) is 85.4 Å². The van der Waals surface area contributed by atoms with Gasteiger partial charge in [-0.15, -0.1) is 0 Å². The van der Waals surface area contributed by atoms with Crippen molar-refractivity contribution in [3.05, 3.63) is 51.8 Å². The number of fused-ring (bicyclic) bond motifs is 1. The molecule has 2 aliphatic rings. The summed E-state index contributed by atoms with van der Waals surface area (Å²) in [5.41, 5.74) is 2.87. The minimum absolute atomic E-state index is 0.209. The molecule has 1 aromatic heterocycles. The zero-order chi connectivity index (χ0) is 18.3. The lowest BCUT2D eigenvalue weighted by atomic mass is 10.0. The number of aromatic carboxylic acids is 1. The predicted octanol–water partition coefficient (Wildman–Crippen LogP) is 1.96. The van der Waals surface area contributed by atoms with Crippen LogP contribution in [-0.2, 0) is 6.42 Å². The Morgan fingerprint density at radius 2 is 1.85 bits per heavy atom. The quantitative estimate of drug-likeness (QED) is 0.782. The Morgan fingerprint density at radius 1 is 1.19 bits per heavy atom. The molecule has 2 saturated heterocycles. The summed E-state index contributed by atoms with van der Waals surface area (Å²) in [6, 6.07) is 9.68. The van der Waals surface area contributed by atoms with E-state index < -0.39 is 11.5 Å². The van der Waals surface area contributed by atoms with Crippen LogP contribution in [0.15, 0.2) is 35.1 Å². The van der Waals surface area contributed by atoms with Crippen LogP contribution in [0.4, 0.5) is 5.69 Å². The van der Waals surface area contributed by atoms with Crippen molar-refractivity contribution < 1.29 is 9.90 Å². The Hall–Kier alpha value is -2.60. The first kappa shape index (κ1) is 16.8. The molecule has 0 aliphatic carbocycles. The lowest BCUT2D eigenvalue weighted by Gasteiger charge is -2.20. The highest BCUT2D eigenvalue weighted by atomic mass is 16.4. The number of aromatic nitrogens is 1. The Labute approximate surface area is 151 Å². The maximum absolute atomic E-state index is 12.1. The highest BCUT2D eigenvalue weighted by Crippen LogP contribution is 2.32. The summed E-state index contributed by atoms with van der Waals surface area (Å²) in [4.78, 5) is 28.4.